The molecule has 1 unspecified atom stereocenters. The van der Waals surface area contributed by atoms with Crippen molar-refractivity contribution < 1.29 is 13.2 Å². The highest BCUT2D eigenvalue weighted by atomic mass is 32.1. The smallest absolute Gasteiger partial charge is 0.323 e. The van der Waals surface area contributed by atoms with E-state index in [2.05, 4.69) is 4.98 Å². The summed E-state index contributed by atoms with van der Waals surface area (Å²) in [6, 6.07) is -0.315. The normalized spacial score (nSPS) is 14.3. The number of nitrogens with zero attached hydrogens (tertiary/aromatic N) is 1. The number of nitrogens with two attached hydrogens (primary N) is 1. The molecule has 0 saturated heterocycles. The Morgan fingerprint density at radius 1 is 1.50 bits per heavy atom. The van der Waals surface area contributed by atoms with Gasteiger partial charge in [-0.05, 0) is 12.8 Å². The topological polar surface area (TPSA) is 38.9 Å². The van der Waals surface area contributed by atoms with Crippen LogP contribution in [0.5, 0.6) is 0 Å². The Balaban J connectivity index is 2.26. The van der Waals surface area contributed by atoms with Crippen LogP contribution in [-0.4, -0.2) is 11.2 Å². The molecule has 0 fully saturated rings. The molecule has 1 aromatic rings. The van der Waals surface area contributed by atoms with Gasteiger partial charge in [0.15, 0.2) is 0 Å². The van der Waals surface area contributed by atoms with Crippen molar-refractivity contribution in [3.63, 3.8) is 0 Å². The lowest BCUT2D eigenvalue weighted by Gasteiger charge is -2.09. The van der Waals surface area contributed by atoms with Gasteiger partial charge in [0, 0.05) is 23.5 Å². The van der Waals surface area contributed by atoms with Crippen LogP contribution in [0.1, 0.15) is 30.2 Å². The van der Waals surface area contributed by atoms with Gasteiger partial charge < -0.3 is 5.73 Å². The Hall–Kier alpha value is -0.620. The zero-order chi connectivity index (χ0) is 10.6. The minimum Gasteiger partial charge on any atom is -0.323 e. The van der Waals surface area contributed by atoms with E-state index in [0.29, 0.717) is 6.42 Å². The predicted octanol–water partition coefficient (Wildman–Crippen LogP) is 2.88. The highest BCUT2D eigenvalue weighted by Crippen LogP contribution is 2.26. The fourth-order valence-electron chi connectivity index (χ4n) is 1.07. The van der Waals surface area contributed by atoms with Gasteiger partial charge in [-0.1, -0.05) is 0 Å². The van der Waals surface area contributed by atoms with Crippen LogP contribution in [0.15, 0.2) is 11.7 Å². The van der Waals surface area contributed by atoms with Crippen molar-refractivity contribution in [2.75, 3.05) is 0 Å². The standard InChI is InChI=1S/C8H11F3N2S/c9-8(10,11)3-1-2-6(12)7-4-13-5-14-7/h4-6H,1-3,12H2. The zero-order valence-corrected chi connectivity index (χ0v) is 8.24. The molecule has 14 heavy (non-hydrogen) atoms. The van der Waals surface area contributed by atoms with Gasteiger partial charge in [-0.3, -0.25) is 4.98 Å². The van der Waals surface area contributed by atoms with Gasteiger partial charge >= 0.3 is 6.18 Å². The molecule has 1 rings (SSSR count). The number of halogens is 3. The summed E-state index contributed by atoms with van der Waals surface area (Å²) >= 11 is 1.37. The molecule has 0 aliphatic carbocycles. The van der Waals surface area contributed by atoms with E-state index in [1.807, 2.05) is 0 Å². The zero-order valence-electron chi connectivity index (χ0n) is 7.42. The van der Waals surface area contributed by atoms with Crippen molar-refractivity contribution in [1.29, 1.82) is 0 Å². The highest BCUT2D eigenvalue weighted by Gasteiger charge is 2.26. The van der Waals surface area contributed by atoms with Crippen LogP contribution in [0.3, 0.4) is 0 Å². The molecule has 0 radical (unpaired) electrons. The summed E-state index contributed by atoms with van der Waals surface area (Å²) in [6.45, 7) is 0. The van der Waals surface area contributed by atoms with Crippen LogP contribution < -0.4 is 5.73 Å². The molecule has 1 atom stereocenters. The van der Waals surface area contributed by atoms with Gasteiger partial charge in [-0.15, -0.1) is 11.3 Å². The van der Waals surface area contributed by atoms with Gasteiger partial charge in [-0.25, -0.2) is 0 Å². The average Bonchev–Trinajstić information content (AvgIpc) is 2.53. The highest BCUT2D eigenvalue weighted by molar-refractivity contribution is 7.09. The predicted molar refractivity (Wildman–Crippen MR) is 48.9 cm³/mol. The molecule has 2 nitrogen and oxygen atoms in total. The number of hydrogen-bond donors (Lipinski definition) is 1. The summed E-state index contributed by atoms with van der Waals surface area (Å²) in [5.41, 5.74) is 7.30. The lowest BCUT2D eigenvalue weighted by molar-refractivity contribution is -0.135. The van der Waals surface area contributed by atoms with E-state index in [4.69, 9.17) is 5.73 Å². The third-order valence-electron chi connectivity index (χ3n) is 1.79. The Kier molecular flexibility index (Phi) is 3.88. The van der Waals surface area contributed by atoms with Crippen LogP contribution in [0, 0.1) is 0 Å². The van der Waals surface area contributed by atoms with Crippen LogP contribution in [0.4, 0.5) is 13.2 Å². The van der Waals surface area contributed by atoms with Gasteiger partial charge in [0.05, 0.1) is 5.51 Å². The molecule has 0 spiro atoms. The van der Waals surface area contributed by atoms with E-state index >= 15 is 0 Å². The third kappa shape index (κ3) is 4.06. The first-order valence-corrected chi connectivity index (χ1v) is 5.08. The second-order valence-electron chi connectivity index (χ2n) is 3.02. The molecule has 0 aliphatic heterocycles. The summed E-state index contributed by atoms with van der Waals surface area (Å²) in [7, 11) is 0. The van der Waals surface area contributed by atoms with E-state index in [1.54, 1.807) is 11.7 Å². The maximum absolute atomic E-state index is 11.8. The molecule has 0 bridgehead atoms. The van der Waals surface area contributed by atoms with Gasteiger partial charge in [0.25, 0.3) is 0 Å². The summed E-state index contributed by atoms with van der Waals surface area (Å²) in [5, 5.41) is 0. The van der Waals surface area contributed by atoms with E-state index < -0.39 is 12.6 Å². The molecule has 0 saturated carbocycles. The Labute approximate surface area is 84.0 Å². The largest absolute Gasteiger partial charge is 0.389 e. The van der Waals surface area contributed by atoms with Crippen molar-refractivity contribution in [3.8, 4) is 0 Å². The van der Waals surface area contributed by atoms with Crippen molar-refractivity contribution in [2.45, 2.75) is 31.5 Å². The van der Waals surface area contributed by atoms with E-state index in [1.165, 1.54) is 11.3 Å². The third-order valence-corrected chi connectivity index (χ3v) is 2.70. The number of alkyl halides is 3. The summed E-state index contributed by atoms with van der Waals surface area (Å²) < 4.78 is 35.4. The number of hydrogen-bond acceptors (Lipinski definition) is 3. The Morgan fingerprint density at radius 2 is 2.21 bits per heavy atom. The molecule has 0 amide bonds. The maximum Gasteiger partial charge on any atom is 0.389 e. The first-order chi connectivity index (χ1) is 6.49. The lowest BCUT2D eigenvalue weighted by atomic mass is 10.1. The Bertz CT molecular complexity index is 258. The van der Waals surface area contributed by atoms with Crippen molar-refractivity contribution in [3.05, 3.63) is 16.6 Å². The van der Waals surface area contributed by atoms with Crippen molar-refractivity contribution >= 4 is 11.3 Å². The summed E-state index contributed by atoms with van der Waals surface area (Å²) in [6.07, 6.45) is -2.82. The van der Waals surface area contributed by atoms with E-state index in [-0.39, 0.29) is 12.5 Å². The monoisotopic (exact) mass is 224 g/mol. The molecule has 1 heterocycles. The minimum absolute atomic E-state index is 0.0720. The minimum atomic E-state index is -4.08. The van der Waals surface area contributed by atoms with Gasteiger partial charge in [-0.2, -0.15) is 13.2 Å². The molecule has 80 valence electrons. The first-order valence-electron chi connectivity index (χ1n) is 4.20. The van der Waals surface area contributed by atoms with Crippen molar-refractivity contribution in [1.82, 2.24) is 4.98 Å². The quantitative estimate of drug-likeness (QED) is 0.854. The average molecular weight is 224 g/mol. The molecule has 0 aromatic carbocycles. The fraction of sp³-hybridized carbons (Fsp3) is 0.625. The van der Waals surface area contributed by atoms with Crippen LogP contribution in [-0.2, 0) is 0 Å². The second-order valence-corrected chi connectivity index (χ2v) is 3.94. The molecular weight excluding hydrogens is 213 g/mol. The summed E-state index contributed by atoms with van der Waals surface area (Å²) in [4.78, 5) is 4.66. The summed E-state index contributed by atoms with van der Waals surface area (Å²) in [5.74, 6) is 0. The number of rotatable bonds is 4. The van der Waals surface area contributed by atoms with Crippen LogP contribution in [0.25, 0.3) is 0 Å². The molecule has 1 aromatic heterocycles. The van der Waals surface area contributed by atoms with E-state index in [9.17, 15) is 13.2 Å². The molecule has 0 aliphatic rings. The second kappa shape index (κ2) is 4.75. The first kappa shape index (κ1) is 11.5. The number of aromatic nitrogens is 1. The molecular formula is C8H11F3N2S. The fourth-order valence-corrected chi connectivity index (χ4v) is 1.73. The molecule has 2 N–H and O–H groups in total. The Morgan fingerprint density at radius 3 is 2.71 bits per heavy atom. The maximum atomic E-state index is 11.8. The van der Waals surface area contributed by atoms with E-state index in [0.717, 1.165) is 4.88 Å². The molecule has 6 heteroatoms. The van der Waals surface area contributed by atoms with Crippen LogP contribution in [0.2, 0.25) is 0 Å². The van der Waals surface area contributed by atoms with Gasteiger partial charge in [0.2, 0.25) is 0 Å². The lowest BCUT2D eigenvalue weighted by Crippen LogP contribution is -2.12. The van der Waals surface area contributed by atoms with Crippen molar-refractivity contribution in [2.24, 2.45) is 5.73 Å². The van der Waals surface area contributed by atoms with Gasteiger partial charge in [0.1, 0.15) is 0 Å². The SMILES string of the molecule is NC(CCCC(F)(F)F)c1cncs1. The number of thiazole rings is 1. The van der Waals surface area contributed by atoms with Crippen LogP contribution >= 0.6 is 11.3 Å².